The van der Waals surface area contributed by atoms with E-state index in [2.05, 4.69) is 5.10 Å². The molecule has 10 heteroatoms. The third-order valence-electron chi connectivity index (χ3n) is 5.55. The minimum absolute atomic E-state index is 0.0436. The van der Waals surface area contributed by atoms with Crippen LogP contribution in [0, 0.1) is 6.92 Å². The molecule has 0 N–H and O–H groups in total. The van der Waals surface area contributed by atoms with Gasteiger partial charge in [0.05, 0.1) is 38.9 Å². The van der Waals surface area contributed by atoms with Crippen molar-refractivity contribution in [2.24, 2.45) is 0 Å². The molecule has 1 heterocycles. The predicted molar refractivity (Wildman–Crippen MR) is 130 cm³/mol. The summed E-state index contributed by atoms with van der Waals surface area (Å²) in [5.41, 5.74) is 1.26. The zero-order valence-corrected chi connectivity index (χ0v) is 20.7. The fourth-order valence-electron chi connectivity index (χ4n) is 3.71. The van der Waals surface area contributed by atoms with E-state index in [0.717, 1.165) is 9.65 Å². The molecule has 9 nitrogen and oxygen atoms in total. The van der Waals surface area contributed by atoms with Crippen LogP contribution in [0.1, 0.15) is 21.6 Å². The number of aromatic nitrogens is 2. The van der Waals surface area contributed by atoms with Gasteiger partial charge in [-0.1, -0.05) is 17.7 Å². The van der Waals surface area contributed by atoms with Crippen LogP contribution in [-0.2, 0) is 10.0 Å². The van der Waals surface area contributed by atoms with Crippen molar-refractivity contribution in [2.75, 3.05) is 28.4 Å². The van der Waals surface area contributed by atoms with E-state index < -0.39 is 15.8 Å². The van der Waals surface area contributed by atoms with E-state index >= 15 is 0 Å². The number of hydrogen-bond donors (Lipinski definition) is 0. The van der Waals surface area contributed by atoms with Crippen LogP contribution in [0.5, 0.6) is 23.0 Å². The van der Waals surface area contributed by atoms with E-state index in [4.69, 9.17) is 18.9 Å². The van der Waals surface area contributed by atoms with Crippen LogP contribution in [-0.4, -0.2) is 51.8 Å². The summed E-state index contributed by atoms with van der Waals surface area (Å²) in [7, 11) is 1.70. The number of nitrogens with zero attached hydrogens (tertiary/aromatic N) is 2. The van der Waals surface area contributed by atoms with Crippen molar-refractivity contribution in [2.45, 2.75) is 11.8 Å². The van der Waals surface area contributed by atoms with Gasteiger partial charge in [0, 0.05) is 17.0 Å². The van der Waals surface area contributed by atoms with Gasteiger partial charge >= 0.3 is 0 Å². The third-order valence-corrected chi connectivity index (χ3v) is 7.15. The minimum Gasteiger partial charge on any atom is -0.497 e. The van der Waals surface area contributed by atoms with E-state index in [1.165, 1.54) is 58.8 Å². The Kier molecular flexibility index (Phi) is 6.40. The third kappa shape index (κ3) is 4.17. The highest BCUT2D eigenvalue weighted by Gasteiger charge is 2.28. The molecule has 0 amide bonds. The van der Waals surface area contributed by atoms with Crippen molar-refractivity contribution >= 4 is 26.7 Å². The molecule has 0 aliphatic rings. The molecule has 4 aromatic rings. The van der Waals surface area contributed by atoms with Gasteiger partial charge in [0.1, 0.15) is 11.4 Å². The number of ketones is 1. The molecule has 0 unspecified atom stereocenters. The van der Waals surface area contributed by atoms with Gasteiger partial charge in [-0.05, 0) is 43.3 Å². The Balaban J connectivity index is 1.95. The molecule has 1 aromatic heterocycles. The van der Waals surface area contributed by atoms with Gasteiger partial charge in [0.2, 0.25) is 11.5 Å². The van der Waals surface area contributed by atoms with Crippen LogP contribution in [0.25, 0.3) is 10.9 Å². The summed E-state index contributed by atoms with van der Waals surface area (Å²) in [6, 6.07) is 14.1. The van der Waals surface area contributed by atoms with Gasteiger partial charge in [-0.15, -0.1) is 0 Å². The number of fused-ring (bicyclic) bond motifs is 1. The molecule has 0 saturated carbocycles. The topological polar surface area (TPSA) is 106 Å². The van der Waals surface area contributed by atoms with Gasteiger partial charge in [-0.25, -0.2) is 0 Å². The van der Waals surface area contributed by atoms with Crippen molar-refractivity contribution in [1.82, 2.24) is 9.19 Å². The molecule has 0 aliphatic carbocycles. The Morgan fingerprint density at radius 3 is 2.00 bits per heavy atom. The first-order chi connectivity index (χ1) is 16.7. The van der Waals surface area contributed by atoms with Crippen LogP contribution in [0.4, 0.5) is 0 Å². The second-order valence-corrected chi connectivity index (χ2v) is 9.40. The van der Waals surface area contributed by atoms with Crippen LogP contribution in [0.3, 0.4) is 0 Å². The molecule has 0 spiro atoms. The lowest BCUT2D eigenvalue weighted by atomic mass is 10.0. The SMILES string of the molecule is COc1ccc2c(C(=O)c3cc(OC)c(OC)c(OC)c3)nn(S(=O)(=O)c3ccc(C)cc3)c2c1. The lowest BCUT2D eigenvalue weighted by molar-refractivity contribution is 0.103. The van der Waals surface area contributed by atoms with Gasteiger partial charge in [0.25, 0.3) is 10.0 Å². The zero-order valence-electron chi connectivity index (χ0n) is 19.9. The van der Waals surface area contributed by atoms with Crippen LogP contribution in [0.15, 0.2) is 59.5 Å². The number of aryl methyl sites for hydroxylation is 1. The standard InChI is InChI=1S/C25H24N2O7S/c1-15-6-9-18(10-7-15)35(29,30)27-20-14-17(31-2)8-11-19(20)23(26-27)24(28)16-12-21(32-3)25(34-5)22(13-16)33-4/h6-14H,1-5H3. The smallest absolute Gasteiger partial charge is 0.283 e. The summed E-state index contributed by atoms with van der Waals surface area (Å²) in [6.45, 7) is 1.86. The number of benzene rings is 3. The van der Waals surface area contributed by atoms with E-state index in [0.29, 0.717) is 16.9 Å². The molecular weight excluding hydrogens is 472 g/mol. The molecular formula is C25H24N2O7S. The first-order valence-electron chi connectivity index (χ1n) is 10.5. The summed E-state index contributed by atoms with van der Waals surface area (Å²) in [5, 5.41) is 4.62. The molecule has 0 radical (unpaired) electrons. The van der Waals surface area contributed by atoms with Gasteiger partial charge in [-0.2, -0.15) is 17.6 Å². The number of ether oxygens (including phenoxy) is 4. The van der Waals surface area contributed by atoms with Crippen molar-refractivity contribution < 1.29 is 32.2 Å². The van der Waals surface area contributed by atoms with Crippen molar-refractivity contribution in [3.8, 4) is 23.0 Å². The largest absolute Gasteiger partial charge is 0.497 e. The van der Waals surface area contributed by atoms with E-state index in [1.54, 1.807) is 24.3 Å². The molecule has 0 saturated heterocycles. The predicted octanol–water partition coefficient (Wildman–Crippen LogP) is 3.85. The zero-order chi connectivity index (χ0) is 25.3. The molecule has 4 rings (SSSR count). The molecule has 0 fully saturated rings. The molecule has 182 valence electrons. The van der Waals surface area contributed by atoms with Crippen molar-refractivity contribution in [1.29, 1.82) is 0 Å². The minimum atomic E-state index is -4.11. The second kappa shape index (κ2) is 9.30. The Hall–Kier alpha value is -4.05. The fourth-order valence-corrected chi connectivity index (χ4v) is 4.98. The highest BCUT2D eigenvalue weighted by Crippen LogP contribution is 2.39. The monoisotopic (exact) mass is 496 g/mol. The normalized spacial score (nSPS) is 11.3. The molecule has 0 bridgehead atoms. The average molecular weight is 497 g/mol. The van der Waals surface area contributed by atoms with Gasteiger partial charge in [0.15, 0.2) is 11.5 Å². The van der Waals surface area contributed by atoms with E-state index in [9.17, 15) is 13.2 Å². The van der Waals surface area contributed by atoms with Gasteiger partial charge in [-0.3, -0.25) is 4.79 Å². The highest BCUT2D eigenvalue weighted by atomic mass is 32.2. The number of carbonyl (C=O) groups is 1. The van der Waals surface area contributed by atoms with E-state index in [-0.39, 0.29) is 33.2 Å². The molecule has 0 atom stereocenters. The van der Waals surface area contributed by atoms with Crippen molar-refractivity contribution in [3.05, 3.63) is 71.4 Å². The highest BCUT2D eigenvalue weighted by molar-refractivity contribution is 7.90. The Bertz CT molecular complexity index is 1500. The second-order valence-electron chi connectivity index (χ2n) is 7.64. The molecule has 35 heavy (non-hydrogen) atoms. The van der Waals surface area contributed by atoms with Crippen LogP contribution in [0.2, 0.25) is 0 Å². The number of methoxy groups -OCH3 is 4. The molecule has 3 aromatic carbocycles. The number of rotatable bonds is 8. The summed E-state index contributed by atoms with van der Waals surface area (Å²) in [6.07, 6.45) is 0. The summed E-state index contributed by atoms with van der Waals surface area (Å²) in [4.78, 5) is 13.7. The fraction of sp³-hybridized carbons (Fsp3) is 0.200. The van der Waals surface area contributed by atoms with Crippen LogP contribution < -0.4 is 18.9 Å². The van der Waals surface area contributed by atoms with Gasteiger partial charge < -0.3 is 18.9 Å². The Labute approximate surface area is 202 Å². The lowest BCUT2D eigenvalue weighted by Gasteiger charge is -2.13. The first-order valence-corrected chi connectivity index (χ1v) is 11.9. The summed E-state index contributed by atoms with van der Waals surface area (Å²) >= 11 is 0. The average Bonchev–Trinajstić information content (AvgIpc) is 3.27. The summed E-state index contributed by atoms with van der Waals surface area (Å²) in [5.74, 6) is 0.802. The van der Waals surface area contributed by atoms with E-state index in [1.807, 2.05) is 6.92 Å². The Morgan fingerprint density at radius 2 is 1.46 bits per heavy atom. The lowest BCUT2D eigenvalue weighted by Crippen LogP contribution is -2.15. The maximum atomic E-state index is 13.6. The van der Waals surface area contributed by atoms with Crippen LogP contribution >= 0.6 is 0 Å². The number of carbonyl (C=O) groups excluding carboxylic acids is 1. The maximum absolute atomic E-state index is 13.6. The molecule has 0 aliphatic heterocycles. The Morgan fingerprint density at radius 1 is 0.829 bits per heavy atom. The summed E-state index contributed by atoms with van der Waals surface area (Å²) < 4.78 is 49.2. The first kappa shape index (κ1) is 24.1. The quantitative estimate of drug-likeness (QED) is 0.339. The number of hydrogen-bond acceptors (Lipinski definition) is 8. The maximum Gasteiger partial charge on any atom is 0.283 e. The van der Waals surface area contributed by atoms with Crippen molar-refractivity contribution in [3.63, 3.8) is 0 Å².